The predicted octanol–water partition coefficient (Wildman–Crippen LogP) is 4.40. The lowest BCUT2D eigenvalue weighted by molar-refractivity contribution is 0.114. The summed E-state index contributed by atoms with van der Waals surface area (Å²) in [6.45, 7) is 7.49. The fourth-order valence-electron chi connectivity index (χ4n) is 3.90. The van der Waals surface area contributed by atoms with E-state index in [9.17, 15) is 5.11 Å². The summed E-state index contributed by atoms with van der Waals surface area (Å²) in [4.78, 5) is 7.08. The molecule has 0 amide bonds. The molecular formula is C22H25ClN2O2. The van der Waals surface area contributed by atoms with Crippen molar-refractivity contribution in [3.8, 4) is 0 Å². The number of benzene rings is 2. The molecule has 2 aromatic carbocycles. The lowest BCUT2D eigenvalue weighted by Gasteiger charge is -2.27. The molecule has 2 aliphatic rings. The maximum Gasteiger partial charge on any atom is 0.209 e. The second-order valence-corrected chi connectivity index (χ2v) is 8.55. The van der Waals surface area contributed by atoms with E-state index in [4.69, 9.17) is 21.3 Å². The van der Waals surface area contributed by atoms with Crippen molar-refractivity contribution in [2.24, 2.45) is 4.99 Å². The fraction of sp³-hybridized carbons (Fsp3) is 0.409. The number of hydrogen-bond acceptors (Lipinski definition) is 4. The molecule has 4 rings (SSSR count). The summed E-state index contributed by atoms with van der Waals surface area (Å²) >= 11 is 6.03. The highest BCUT2D eigenvalue weighted by Gasteiger charge is 2.65. The lowest BCUT2D eigenvalue weighted by atomic mass is 9.94. The van der Waals surface area contributed by atoms with E-state index < -0.39 is 11.6 Å². The Morgan fingerprint density at radius 3 is 2.33 bits per heavy atom. The van der Waals surface area contributed by atoms with Crippen molar-refractivity contribution in [3.63, 3.8) is 0 Å². The smallest absolute Gasteiger partial charge is 0.209 e. The van der Waals surface area contributed by atoms with Gasteiger partial charge in [-0.1, -0.05) is 54.1 Å². The van der Waals surface area contributed by atoms with Gasteiger partial charge in [0, 0.05) is 17.6 Å². The first kappa shape index (κ1) is 18.5. The molecule has 1 N–H and O–H groups in total. The topological polar surface area (TPSA) is 44.8 Å². The van der Waals surface area contributed by atoms with Gasteiger partial charge < -0.3 is 9.84 Å². The van der Waals surface area contributed by atoms with E-state index in [0.717, 1.165) is 5.56 Å². The Labute approximate surface area is 165 Å². The zero-order valence-electron chi connectivity index (χ0n) is 15.9. The second-order valence-electron chi connectivity index (χ2n) is 8.11. The standard InChI is InChI=1S/C22H25ClN2O2/c1-15(16-7-5-4-6-8-16)25-13-22(25,20-24-21(2,3)14-27-20)19(26)17-9-11-18(23)12-10-17/h4-12,15,19,26H,13-14H2,1-3H3/t15-,19?,22-,25?/m1/s1. The van der Waals surface area contributed by atoms with Crippen LogP contribution in [0.25, 0.3) is 0 Å². The molecule has 1 saturated heterocycles. The van der Waals surface area contributed by atoms with Gasteiger partial charge in [-0.2, -0.15) is 0 Å². The Bertz CT molecular complexity index is 850. The van der Waals surface area contributed by atoms with E-state index in [1.165, 1.54) is 5.56 Å². The van der Waals surface area contributed by atoms with E-state index in [1.54, 1.807) is 0 Å². The molecule has 0 spiro atoms. The van der Waals surface area contributed by atoms with Gasteiger partial charge in [-0.25, -0.2) is 4.99 Å². The van der Waals surface area contributed by atoms with E-state index >= 15 is 0 Å². The number of aliphatic hydroxyl groups is 1. The van der Waals surface area contributed by atoms with Crippen molar-refractivity contribution in [2.75, 3.05) is 13.2 Å². The van der Waals surface area contributed by atoms with E-state index in [-0.39, 0.29) is 11.6 Å². The van der Waals surface area contributed by atoms with E-state index in [2.05, 4.69) is 37.8 Å². The molecule has 0 saturated carbocycles. The van der Waals surface area contributed by atoms with Crippen LogP contribution in [0.5, 0.6) is 0 Å². The van der Waals surface area contributed by atoms with Gasteiger partial charge in [0.05, 0.1) is 5.54 Å². The molecule has 4 atom stereocenters. The van der Waals surface area contributed by atoms with Gasteiger partial charge in [0.2, 0.25) is 5.90 Å². The average Bonchev–Trinajstić information content (AvgIpc) is 3.32. The van der Waals surface area contributed by atoms with Crippen molar-refractivity contribution < 1.29 is 9.84 Å². The Hall–Kier alpha value is -1.88. The number of aliphatic hydroxyl groups excluding tert-OH is 1. The highest BCUT2D eigenvalue weighted by Crippen LogP contribution is 2.51. The number of halogens is 1. The van der Waals surface area contributed by atoms with Gasteiger partial charge in [0.25, 0.3) is 0 Å². The maximum atomic E-state index is 11.4. The zero-order chi connectivity index (χ0) is 19.2. The molecule has 2 aromatic rings. The highest BCUT2D eigenvalue weighted by molar-refractivity contribution is 6.30. The first-order valence-corrected chi connectivity index (χ1v) is 9.70. The Kier molecular flexibility index (Phi) is 4.53. The van der Waals surface area contributed by atoms with Crippen LogP contribution in [-0.4, -0.2) is 40.1 Å². The molecule has 0 aromatic heterocycles. The van der Waals surface area contributed by atoms with Crippen LogP contribution in [0.2, 0.25) is 5.02 Å². The summed E-state index contributed by atoms with van der Waals surface area (Å²) in [6, 6.07) is 17.8. The third-order valence-corrected chi connectivity index (χ3v) is 5.80. The van der Waals surface area contributed by atoms with E-state index in [1.807, 2.05) is 42.5 Å². The average molecular weight is 385 g/mol. The normalized spacial score (nSPS) is 28.2. The first-order chi connectivity index (χ1) is 12.8. The third kappa shape index (κ3) is 3.27. The summed E-state index contributed by atoms with van der Waals surface area (Å²) in [5.41, 5.74) is 1.11. The third-order valence-electron chi connectivity index (χ3n) is 5.54. The minimum absolute atomic E-state index is 0.142. The van der Waals surface area contributed by atoms with Gasteiger partial charge in [-0.3, -0.25) is 4.90 Å². The molecule has 142 valence electrons. The summed E-state index contributed by atoms with van der Waals surface area (Å²) in [7, 11) is 0. The largest absolute Gasteiger partial charge is 0.477 e. The molecule has 2 heterocycles. The molecule has 4 nitrogen and oxygen atoms in total. The quantitative estimate of drug-likeness (QED) is 0.777. The van der Waals surface area contributed by atoms with Gasteiger partial charge in [-0.15, -0.1) is 0 Å². The van der Waals surface area contributed by atoms with Crippen LogP contribution in [0.4, 0.5) is 0 Å². The molecule has 0 aliphatic carbocycles. The Morgan fingerprint density at radius 2 is 1.74 bits per heavy atom. The molecule has 27 heavy (non-hydrogen) atoms. The zero-order valence-corrected chi connectivity index (χ0v) is 16.6. The number of nitrogens with zero attached hydrogens (tertiary/aromatic N) is 2. The Balaban J connectivity index is 1.71. The van der Waals surface area contributed by atoms with Gasteiger partial charge in [0.1, 0.15) is 18.2 Å². The number of hydrogen-bond donors (Lipinski definition) is 1. The minimum Gasteiger partial charge on any atom is -0.477 e. The number of aliphatic imine (C=N–C) groups is 1. The molecule has 1 fully saturated rings. The lowest BCUT2D eigenvalue weighted by Crippen LogP contribution is -2.37. The first-order valence-electron chi connectivity index (χ1n) is 9.32. The van der Waals surface area contributed by atoms with E-state index in [0.29, 0.717) is 24.1 Å². The molecule has 0 bridgehead atoms. The van der Waals surface area contributed by atoms with Crippen LogP contribution in [0.1, 0.15) is 44.0 Å². The van der Waals surface area contributed by atoms with Crippen molar-refractivity contribution in [1.82, 2.24) is 4.90 Å². The number of rotatable bonds is 5. The van der Waals surface area contributed by atoms with Crippen LogP contribution in [0.15, 0.2) is 59.6 Å². The molecule has 2 unspecified atom stereocenters. The SMILES string of the molecule is C[C@H](c1ccccc1)N1C[C@]1(C1=NC(C)(C)CO1)C(O)c1ccc(Cl)cc1. The Morgan fingerprint density at radius 1 is 1.07 bits per heavy atom. The van der Waals surface area contributed by atoms with Gasteiger partial charge in [0.15, 0.2) is 0 Å². The van der Waals surface area contributed by atoms with Crippen molar-refractivity contribution >= 4 is 17.5 Å². The molecule has 2 aliphatic heterocycles. The van der Waals surface area contributed by atoms with Crippen LogP contribution in [0, 0.1) is 0 Å². The predicted molar refractivity (Wildman–Crippen MR) is 108 cm³/mol. The number of ether oxygens (including phenoxy) is 1. The fourth-order valence-corrected chi connectivity index (χ4v) is 4.02. The highest BCUT2D eigenvalue weighted by atomic mass is 35.5. The van der Waals surface area contributed by atoms with Crippen LogP contribution < -0.4 is 0 Å². The summed E-state index contributed by atoms with van der Waals surface area (Å²) in [6.07, 6.45) is -0.742. The minimum atomic E-state index is -0.742. The maximum absolute atomic E-state index is 11.4. The van der Waals surface area contributed by atoms with Crippen LogP contribution in [-0.2, 0) is 4.74 Å². The molecule has 0 radical (unpaired) electrons. The molecule has 5 heteroatoms. The van der Waals surface area contributed by atoms with Crippen molar-refractivity contribution in [2.45, 2.75) is 44.0 Å². The van der Waals surface area contributed by atoms with Crippen molar-refractivity contribution in [1.29, 1.82) is 0 Å². The van der Waals surface area contributed by atoms with Crippen molar-refractivity contribution in [3.05, 3.63) is 70.7 Å². The molecular weight excluding hydrogens is 360 g/mol. The van der Waals surface area contributed by atoms with Crippen LogP contribution >= 0.6 is 11.6 Å². The van der Waals surface area contributed by atoms with Gasteiger partial charge in [-0.05, 0) is 44.0 Å². The summed E-state index contributed by atoms with van der Waals surface area (Å²) in [5.74, 6) is 0.637. The summed E-state index contributed by atoms with van der Waals surface area (Å²) < 4.78 is 6.00. The monoisotopic (exact) mass is 384 g/mol. The van der Waals surface area contributed by atoms with Gasteiger partial charge >= 0.3 is 0 Å². The summed E-state index contributed by atoms with van der Waals surface area (Å²) in [5, 5.41) is 12.0. The second kappa shape index (κ2) is 6.62. The van der Waals surface area contributed by atoms with Crippen LogP contribution in [0.3, 0.4) is 0 Å².